The van der Waals surface area contributed by atoms with Crippen LogP contribution in [0, 0.1) is 0 Å². The van der Waals surface area contributed by atoms with Gasteiger partial charge in [0.25, 0.3) is 0 Å². The maximum Gasteiger partial charge on any atom is 0.130 e. The fourth-order valence-electron chi connectivity index (χ4n) is 3.91. The van der Waals surface area contributed by atoms with Crippen LogP contribution >= 0.6 is 0 Å². The molecule has 3 rings (SSSR count). The molecule has 3 N–H and O–H groups in total. The van der Waals surface area contributed by atoms with Crippen LogP contribution in [0.4, 0.5) is 5.82 Å². The van der Waals surface area contributed by atoms with Gasteiger partial charge in [0.1, 0.15) is 5.82 Å². The molecule has 1 aromatic carbocycles. The van der Waals surface area contributed by atoms with Crippen molar-refractivity contribution in [2.75, 3.05) is 45.6 Å². The minimum Gasteiger partial charge on any atom is -0.404 e. The summed E-state index contributed by atoms with van der Waals surface area (Å²) in [4.78, 5) is 13.5. The molecule has 0 bridgehead atoms. The zero-order valence-corrected chi connectivity index (χ0v) is 20.8. The molecule has 34 heavy (non-hydrogen) atoms. The molecule has 1 aliphatic rings. The Hall–Kier alpha value is -3.64. The number of aliphatic imine (C=N–C) groups is 1. The molecule has 1 aromatic heterocycles. The lowest BCUT2D eigenvalue weighted by atomic mass is 10.00. The zero-order chi connectivity index (χ0) is 24.7. The molecule has 0 unspecified atom stereocenters. The largest absolute Gasteiger partial charge is 0.404 e. The molecule has 6 nitrogen and oxygen atoms in total. The summed E-state index contributed by atoms with van der Waals surface area (Å²) in [7, 11) is 3.92. The van der Waals surface area contributed by atoms with Gasteiger partial charge in [-0.3, -0.25) is 4.99 Å². The predicted octanol–water partition coefficient (Wildman–Crippen LogP) is 4.81. The number of nitrogens with zero attached hydrogens (tertiary/aromatic N) is 4. The van der Waals surface area contributed by atoms with E-state index in [0.29, 0.717) is 0 Å². The normalized spacial score (nSPS) is 16.4. The number of piperazine rings is 1. The third-order valence-electron chi connectivity index (χ3n) is 6.23. The minimum atomic E-state index is 0.736. The lowest BCUT2D eigenvalue weighted by Crippen LogP contribution is -2.43. The van der Waals surface area contributed by atoms with E-state index in [4.69, 9.17) is 5.73 Å². The summed E-state index contributed by atoms with van der Waals surface area (Å²) in [6, 6.07) is 8.22. The maximum atomic E-state index is 5.87. The summed E-state index contributed by atoms with van der Waals surface area (Å²) >= 11 is 0. The molecule has 2 aromatic rings. The van der Waals surface area contributed by atoms with Gasteiger partial charge in [-0.25, -0.2) is 4.98 Å². The number of hydrogen-bond acceptors (Lipinski definition) is 6. The quantitative estimate of drug-likeness (QED) is 0.440. The van der Waals surface area contributed by atoms with Gasteiger partial charge in [0.2, 0.25) is 0 Å². The van der Waals surface area contributed by atoms with Gasteiger partial charge in [0.05, 0.1) is 0 Å². The van der Waals surface area contributed by atoms with E-state index >= 15 is 0 Å². The van der Waals surface area contributed by atoms with Crippen molar-refractivity contribution in [3.63, 3.8) is 0 Å². The first kappa shape index (κ1) is 25.0. The summed E-state index contributed by atoms with van der Waals surface area (Å²) in [5, 5.41) is 5.47. The van der Waals surface area contributed by atoms with Crippen LogP contribution in [0.15, 0.2) is 90.0 Å². The Balaban J connectivity index is 1.74. The van der Waals surface area contributed by atoms with E-state index < -0.39 is 0 Å². The van der Waals surface area contributed by atoms with Crippen LogP contribution in [0.25, 0.3) is 16.3 Å². The average molecular weight is 457 g/mol. The lowest BCUT2D eigenvalue weighted by Gasteiger charge is -2.34. The number of anilines is 1. The highest BCUT2D eigenvalue weighted by Gasteiger charge is 2.13. The fraction of sp³-hybridized carbons (Fsp3) is 0.286. The fourth-order valence-corrected chi connectivity index (χ4v) is 3.91. The van der Waals surface area contributed by atoms with Crippen molar-refractivity contribution in [2.24, 2.45) is 10.7 Å². The standard InChI is InChI=1S/C28H36N6/c1-7-23(9-8-20(2)34-14-12-33(6)13-15-34)21(3)32-28-17-26-16-24(10-11-25(26)19-31-28)27(18-29)22(4)30-5/h7-11,16-19H,2-3,12-15,29H2,1,4-6H3,(H,31,32)/b9-8-,23-7+,27-18?,30-22?. The SMILES string of the molecule is C=C(Nc1cc2cc(C(=CN)C(C)=NC)ccc2cn1)C(/C=C\C(=C)N1CCN(C)CC1)=C/C. The second-order valence-corrected chi connectivity index (χ2v) is 8.48. The molecule has 1 saturated heterocycles. The Kier molecular flexibility index (Phi) is 8.44. The molecule has 0 atom stereocenters. The first-order chi connectivity index (χ1) is 16.4. The van der Waals surface area contributed by atoms with Crippen LogP contribution in [0.5, 0.6) is 0 Å². The first-order valence-electron chi connectivity index (χ1n) is 11.5. The van der Waals surface area contributed by atoms with Crippen LogP contribution in [-0.4, -0.2) is 60.8 Å². The molecule has 6 heteroatoms. The van der Waals surface area contributed by atoms with Gasteiger partial charge < -0.3 is 20.9 Å². The molecular formula is C28H36N6. The number of fused-ring (bicyclic) bond motifs is 1. The number of allylic oxidation sites excluding steroid dienone is 4. The van der Waals surface area contributed by atoms with Gasteiger partial charge in [0, 0.05) is 73.7 Å². The molecular weight excluding hydrogens is 420 g/mol. The van der Waals surface area contributed by atoms with Gasteiger partial charge in [0.15, 0.2) is 0 Å². The number of nitrogens with two attached hydrogens (primary N) is 1. The van der Waals surface area contributed by atoms with Gasteiger partial charge in [-0.2, -0.15) is 0 Å². The van der Waals surface area contributed by atoms with E-state index in [2.05, 4.69) is 63.5 Å². The molecule has 0 radical (unpaired) electrons. The number of nitrogens with one attached hydrogen (secondary N) is 1. The Morgan fingerprint density at radius 2 is 1.85 bits per heavy atom. The number of likely N-dealkylation sites (N-methyl/N-ethyl adjacent to an activating group) is 1. The second kappa shape index (κ2) is 11.5. The van der Waals surface area contributed by atoms with E-state index in [1.54, 1.807) is 13.2 Å². The number of hydrogen-bond donors (Lipinski definition) is 2. The van der Waals surface area contributed by atoms with Crippen molar-refractivity contribution in [2.45, 2.75) is 13.8 Å². The summed E-state index contributed by atoms with van der Waals surface area (Å²) < 4.78 is 0. The summed E-state index contributed by atoms with van der Waals surface area (Å²) in [5.74, 6) is 0.736. The van der Waals surface area contributed by atoms with Crippen molar-refractivity contribution >= 4 is 27.9 Å². The highest BCUT2D eigenvalue weighted by molar-refractivity contribution is 6.23. The molecule has 1 fully saturated rings. The Bertz CT molecular complexity index is 1180. The van der Waals surface area contributed by atoms with Crippen molar-refractivity contribution < 1.29 is 0 Å². The topological polar surface area (TPSA) is 69.8 Å². The Labute approximate surface area is 203 Å². The van der Waals surface area contributed by atoms with Crippen molar-refractivity contribution in [3.05, 3.63) is 90.6 Å². The third-order valence-corrected chi connectivity index (χ3v) is 6.23. The molecule has 178 valence electrons. The van der Waals surface area contributed by atoms with Crippen LogP contribution < -0.4 is 11.1 Å². The van der Waals surface area contributed by atoms with E-state index in [-0.39, 0.29) is 0 Å². The van der Waals surface area contributed by atoms with Gasteiger partial charge in [-0.15, -0.1) is 0 Å². The summed E-state index contributed by atoms with van der Waals surface area (Å²) in [6.45, 7) is 16.5. The van der Waals surface area contributed by atoms with Crippen molar-refractivity contribution in [3.8, 4) is 0 Å². The predicted molar refractivity (Wildman–Crippen MR) is 147 cm³/mol. The van der Waals surface area contributed by atoms with Crippen molar-refractivity contribution in [1.82, 2.24) is 14.8 Å². The van der Waals surface area contributed by atoms with Crippen LogP contribution in [0.3, 0.4) is 0 Å². The number of rotatable bonds is 8. The average Bonchev–Trinajstić information content (AvgIpc) is 2.84. The third kappa shape index (κ3) is 6.02. The number of aromatic nitrogens is 1. The van der Waals surface area contributed by atoms with Crippen molar-refractivity contribution in [1.29, 1.82) is 0 Å². The second-order valence-electron chi connectivity index (χ2n) is 8.48. The Morgan fingerprint density at radius 3 is 2.50 bits per heavy atom. The number of pyridine rings is 1. The zero-order valence-electron chi connectivity index (χ0n) is 20.8. The molecule has 0 aliphatic carbocycles. The molecule has 0 spiro atoms. The molecule has 1 aliphatic heterocycles. The summed E-state index contributed by atoms with van der Waals surface area (Å²) in [5.41, 5.74) is 11.5. The molecule has 2 heterocycles. The molecule has 0 amide bonds. The highest BCUT2D eigenvalue weighted by Crippen LogP contribution is 2.24. The van der Waals surface area contributed by atoms with E-state index in [9.17, 15) is 0 Å². The van der Waals surface area contributed by atoms with Crippen LogP contribution in [-0.2, 0) is 0 Å². The Morgan fingerprint density at radius 1 is 1.12 bits per heavy atom. The summed E-state index contributed by atoms with van der Waals surface area (Å²) in [6.07, 6.45) is 9.62. The maximum absolute atomic E-state index is 5.87. The smallest absolute Gasteiger partial charge is 0.130 e. The van der Waals surface area contributed by atoms with E-state index in [0.717, 1.165) is 76.6 Å². The van der Waals surface area contributed by atoms with Gasteiger partial charge in [-0.1, -0.05) is 37.4 Å². The number of benzene rings is 1. The highest BCUT2D eigenvalue weighted by atomic mass is 15.2. The van der Waals surface area contributed by atoms with Crippen LogP contribution in [0.1, 0.15) is 19.4 Å². The van der Waals surface area contributed by atoms with Crippen LogP contribution in [0.2, 0.25) is 0 Å². The monoisotopic (exact) mass is 456 g/mol. The minimum absolute atomic E-state index is 0.736. The molecule has 0 saturated carbocycles. The van der Waals surface area contributed by atoms with Gasteiger partial charge in [-0.05, 0) is 55.6 Å². The van der Waals surface area contributed by atoms with Gasteiger partial charge >= 0.3 is 0 Å². The van der Waals surface area contributed by atoms with E-state index in [1.807, 2.05) is 44.3 Å². The van der Waals surface area contributed by atoms with E-state index in [1.165, 1.54) is 0 Å². The lowest BCUT2D eigenvalue weighted by molar-refractivity contribution is 0.190. The first-order valence-corrected chi connectivity index (χ1v) is 11.5.